The number of nitrogens with zero attached hydrogens (tertiary/aromatic N) is 1. The zero-order valence-electron chi connectivity index (χ0n) is 11.7. The summed E-state index contributed by atoms with van der Waals surface area (Å²) in [6, 6.07) is 6.36. The van der Waals surface area contributed by atoms with Gasteiger partial charge in [0.15, 0.2) is 0 Å². The van der Waals surface area contributed by atoms with Gasteiger partial charge >= 0.3 is 0 Å². The molecule has 0 spiro atoms. The van der Waals surface area contributed by atoms with Gasteiger partial charge in [-0.2, -0.15) is 0 Å². The Morgan fingerprint density at radius 2 is 1.67 bits per heavy atom. The highest BCUT2D eigenvalue weighted by molar-refractivity contribution is 5.29. The first-order chi connectivity index (χ1) is 8.65. The molecule has 1 fully saturated rings. The van der Waals surface area contributed by atoms with E-state index < -0.39 is 0 Å². The highest BCUT2D eigenvalue weighted by Gasteiger charge is 2.13. The summed E-state index contributed by atoms with van der Waals surface area (Å²) in [6.07, 6.45) is 4.55. The monoisotopic (exact) mass is 247 g/mol. The van der Waals surface area contributed by atoms with Crippen LogP contribution in [0.5, 0.6) is 0 Å². The molecule has 0 amide bonds. The van der Waals surface area contributed by atoms with Crippen molar-refractivity contribution in [3.63, 3.8) is 0 Å². The van der Waals surface area contributed by atoms with E-state index in [1.165, 1.54) is 43.5 Å². The van der Waals surface area contributed by atoms with Crippen LogP contribution in [-0.2, 0) is 0 Å². The van der Waals surface area contributed by atoms with E-state index >= 15 is 0 Å². The van der Waals surface area contributed by atoms with Gasteiger partial charge in [-0.05, 0) is 51.8 Å². The van der Waals surface area contributed by atoms with Crippen molar-refractivity contribution < 1.29 is 5.11 Å². The number of hydrogen-bond acceptors (Lipinski definition) is 2. The van der Waals surface area contributed by atoms with Crippen LogP contribution < -0.4 is 0 Å². The van der Waals surface area contributed by atoms with E-state index in [1.807, 2.05) is 0 Å². The standard InChI is InChI=1S/C16H25NO/c1-13-10-14(2)12-15(11-13)16(18)6-9-17-7-4-3-5-8-17/h10-12,16,18H,3-9H2,1-2H3. The lowest BCUT2D eigenvalue weighted by molar-refractivity contribution is 0.134. The fourth-order valence-corrected chi connectivity index (χ4v) is 2.86. The van der Waals surface area contributed by atoms with Gasteiger partial charge in [-0.1, -0.05) is 35.7 Å². The van der Waals surface area contributed by atoms with Crippen LogP contribution in [0.3, 0.4) is 0 Å². The van der Waals surface area contributed by atoms with E-state index in [0.29, 0.717) is 0 Å². The van der Waals surface area contributed by atoms with Crippen LogP contribution in [0.25, 0.3) is 0 Å². The molecular weight excluding hydrogens is 222 g/mol. The Hall–Kier alpha value is -0.860. The lowest BCUT2D eigenvalue weighted by Crippen LogP contribution is -2.31. The molecule has 1 N–H and O–H groups in total. The average Bonchev–Trinajstić information content (AvgIpc) is 2.36. The van der Waals surface area contributed by atoms with Crippen molar-refractivity contribution in [3.8, 4) is 0 Å². The van der Waals surface area contributed by atoms with Gasteiger partial charge in [0.1, 0.15) is 0 Å². The maximum atomic E-state index is 10.3. The van der Waals surface area contributed by atoms with Gasteiger partial charge in [0.25, 0.3) is 0 Å². The molecule has 0 saturated carbocycles. The summed E-state index contributed by atoms with van der Waals surface area (Å²) in [7, 11) is 0. The van der Waals surface area contributed by atoms with Crippen LogP contribution in [0.15, 0.2) is 18.2 Å². The zero-order valence-corrected chi connectivity index (χ0v) is 11.7. The van der Waals surface area contributed by atoms with Gasteiger partial charge in [0, 0.05) is 6.54 Å². The number of aliphatic hydroxyl groups is 1. The van der Waals surface area contributed by atoms with Crippen molar-refractivity contribution in [2.75, 3.05) is 19.6 Å². The zero-order chi connectivity index (χ0) is 13.0. The number of aryl methyl sites for hydroxylation is 2. The van der Waals surface area contributed by atoms with Gasteiger partial charge in [-0.3, -0.25) is 0 Å². The van der Waals surface area contributed by atoms with Crippen LogP contribution in [0.4, 0.5) is 0 Å². The highest BCUT2D eigenvalue weighted by Crippen LogP contribution is 2.21. The van der Waals surface area contributed by atoms with Crippen molar-refractivity contribution in [1.82, 2.24) is 4.90 Å². The Labute approximate surface area is 111 Å². The van der Waals surface area contributed by atoms with Gasteiger partial charge in [-0.25, -0.2) is 0 Å². The molecule has 1 saturated heterocycles. The van der Waals surface area contributed by atoms with Crippen LogP contribution in [0.1, 0.15) is 48.5 Å². The van der Waals surface area contributed by atoms with Crippen LogP contribution >= 0.6 is 0 Å². The van der Waals surface area contributed by atoms with Crippen molar-refractivity contribution in [2.45, 2.75) is 45.6 Å². The second-order valence-corrected chi connectivity index (χ2v) is 5.63. The normalized spacial score (nSPS) is 18.8. The second-order valence-electron chi connectivity index (χ2n) is 5.63. The molecular formula is C16H25NO. The topological polar surface area (TPSA) is 23.5 Å². The highest BCUT2D eigenvalue weighted by atomic mass is 16.3. The molecule has 2 rings (SSSR count). The van der Waals surface area contributed by atoms with E-state index in [0.717, 1.165) is 18.5 Å². The molecule has 0 bridgehead atoms. The summed E-state index contributed by atoms with van der Waals surface area (Å²) < 4.78 is 0. The van der Waals surface area contributed by atoms with E-state index in [9.17, 15) is 5.11 Å². The maximum absolute atomic E-state index is 10.3. The van der Waals surface area contributed by atoms with E-state index in [2.05, 4.69) is 36.9 Å². The molecule has 0 aliphatic carbocycles. The Morgan fingerprint density at radius 1 is 1.06 bits per heavy atom. The third-order valence-corrected chi connectivity index (χ3v) is 3.80. The SMILES string of the molecule is Cc1cc(C)cc(C(O)CCN2CCCCC2)c1. The first-order valence-electron chi connectivity index (χ1n) is 7.14. The molecule has 100 valence electrons. The number of hydrogen-bond donors (Lipinski definition) is 1. The van der Waals surface area contributed by atoms with Gasteiger partial charge in [-0.15, -0.1) is 0 Å². The summed E-state index contributed by atoms with van der Waals surface area (Å²) in [6.45, 7) is 7.62. The largest absolute Gasteiger partial charge is 0.388 e. The van der Waals surface area contributed by atoms with Crippen molar-refractivity contribution in [3.05, 3.63) is 34.9 Å². The summed E-state index contributed by atoms with van der Waals surface area (Å²) in [5.41, 5.74) is 3.55. The average molecular weight is 247 g/mol. The Bertz CT molecular complexity index is 362. The van der Waals surface area contributed by atoms with Gasteiger partial charge in [0.2, 0.25) is 0 Å². The third kappa shape index (κ3) is 3.82. The molecule has 1 aliphatic rings. The maximum Gasteiger partial charge on any atom is 0.0802 e. The lowest BCUT2D eigenvalue weighted by atomic mass is 10.0. The predicted molar refractivity (Wildman–Crippen MR) is 75.8 cm³/mol. The molecule has 1 unspecified atom stereocenters. The fourth-order valence-electron chi connectivity index (χ4n) is 2.86. The molecule has 0 aromatic heterocycles. The number of benzene rings is 1. The molecule has 18 heavy (non-hydrogen) atoms. The molecule has 1 heterocycles. The molecule has 1 aliphatic heterocycles. The molecule has 2 nitrogen and oxygen atoms in total. The number of aliphatic hydroxyl groups excluding tert-OH is 1. The van der Waals surface area contributed by atoms with Crippen LogP contribution in [-0.4, -0.2) is 29.6 Å². The Morgan fingerprint density at radius 3 is 2.28 bits per heavy atom. The van der Waals surface area contributed by atoms with Crippen molar-refractivity contribution in [2.24, 2.45) is 0 Å². The van der Waals surface area contributed by atoms with Crippen molar-refractivity contribution in [1.29, 1.82) is 0 Å². The first kappa shape index (κ1) is 13.6. The molecule has 0 radical (unpaired) electrons. The quantitative estimate of drug-likeness (QED) is 0.883. The first-order valence-corrected chi connectivity index (χ1v) is 7.14. The summed E-state index contributed by atoms with van der Waals surface area (Å²) in [5.74, 6) is 0. The minimum atomic E-state index is -0.314. The number of rotatable bonds is 4. The smallest absolute Gasteiger partial charge is 0.0802 e. The third-order valence-electron chi connectivity index (χ3n) is 3.80. The molecule has 1 aromatic rings. The fraction of sp³-hybridized carbons (Fsp3) is 0.625. The molecule has 1 aromatic carbocycles. The van der Waals surface area contributed by atoms with Gasteiger partial charge in [0.05, 0.1) is 6.10 Å². The van der Waals surface area contributed by atoms with Crippen LogP contribution in [0.2, 0.25) is 0 Å². The minimum absolute atomic E-state index is 0.314. The van der Waals surface area contributed by atoms with Gasteiger partial charge < -0.3 is 10.0 Å². The van der Waals surface area contributed by atoms with Crippen LogP contribution in [0, 0.1) is 13.8 Å². The minimum Gasteiger partial charge on any atom is -0.388 e. The van der Waals surface area contributed by atoms with E-state index in [1.54, 1.807) is 0 Å². The molecule has 2 heteroatoms. The van der Waals surface area contributed by atoms with E-state index in [-0.39, 0.29) is 6.10 Å². The Balaban J connectivity index is 1.88. The second kappa shape index (κ2) is 6.35. The summed E-state index contributed by atoms with van der Waals surface area (Å²) in [5, 5.41) is 10.3. The summed E-state index contributed by atoms with van der Waals surface area (Å²) in [4.78, 5) is 2.48. The van der Waals surface area contributed by atoms with Crippen molar-refractivity contribution >= 4 is 0 Å². The lowest BCUT2D eigenvalue weighted by Gasteiger charge is -2.27. The predicted octanol–water partition coefficient (Wildman–Crippen LogP) is 3.21. The number of likely N-dealkylation sites (tertiary alicyclic amines) is 1. The number of piperidine rings is 1. The summed E-state index contributed by atoms with van der Waals surface area (Å²) >= 11 is 0. The molecule has 1 atom stereocenters. The van der Waals surface area contributed by atoms with E-state index in [4.69, 9.17) is 0 Å². The Kier molecular flexibility index (Phi) is 4.79.